The summed E-state index contributed by atoms with van der Waals surface area (Å²) in [5, 5.41) is 15.8. The molecule has 0 saturated carbocycles. The molecule has 5 aromatic rings. The highest BCUT2D eigenvalue weighted by molar-refractivity contribution is 6.04. The Bertz CT molecular complexity index is 1780. The number of carboxylic acid groups (broad SMARTS) is 1. The minimum Gasteiger partial charge on any atom is -0.480 e. The maximum Gasteiger partial charge on any atom is 0.326 e. The average molecular weight is 553 g/mol. The van der Waals surface area contributed by atoms with Crippen molar-refractivity contribution >= 4 is 33.4 Å². The van der Waals surface area contributed by atoms with Crippen LogP contribution in [0.1, 0.15) is 27.9 Å². The molecule has 3 aromatic carbocycles. The number of rotatable bonds is 8. The summed E-state index contributed by atoms with van der Waals surface area (Å²) in [6, 6.07) is 15.8. The van der Waals surface area contributed by atoms with Crippen molar-refractivity contribution in [1.29, 1.82) is 0 Å². The van der Waals surface area contributed by atoms with E-state index in [1.54, 1.807) is 24.7 Å². The Hall–Kier alpha value is -4.76. The van der Waals surface area contributed by atoms with Crippen LogP contribution < -0.4 is 5.32 Å². The number of benzene rings is 3. The van der Waals surface area contributed by atoms with Crippen LogP contribution in [0.15, 0.2) is 79.3 Å². The second-order valence-electron chi connectivity index (χ2n) is 10.2. The van der Waals surface area contributed by atoms with E-state index < -0.39 is 35.1 Å². The fourth-order valence-corrected chi connectivity index (χ4v) is 5.37. The summed E-state index contributed by atoms with van der Waals surface area (Å²) in [4.78, 5) is 36.0. The molecular formula is C32H26F2N4O3. The lowest BCUT2D eigenvalue weighted by molar-refractivity contribution is -0.139. The molecule has 6 rings (SSSR count). The molecule has 41 heavy (non-hydrogen) atoms. The number of pyridine rings is 2. The lowest BCUT2D eigenvalue weighted by Crippen LogP contribution is -2.43. The van der Waals surface area contributed by atoms with Crippen LogP contribution in [0.2, 0.25) is 0 Å². The fourth-order valence-electron chi connectivity index (χ4n) is 5.37. The molecular weight excluding hydrogens is 526 g/mol. The highest BCUT2D eigenvalue weighted by Gasteiger charge is 2.27. The van der Waals surface area contributed by atoms with E-state index in [9.17, 15) is 23.5 Å². The Balaban J connectivity index is 1.29. The second-order valence-corrected chi connectivity index (χ2v) is 10.2. The van der Waals surface area contributed by atoms with Crippen molar-refractivity contribution in [2.45, 2.75) is 25.4 Å². The van der Waals surface area contributed by atoms with Gasteiger partial charge in [0.25, 0.3) is 5.91 Å². The summed E-state index contributed by atoms with van der Waals surface area (Å²) >= 11 is 0. The minimum atomic E-state index is -1.42. The molecule has 0 bridgehead atoms. The van der Waals surface area contributed by atoms with Crippen LogP contribution in [0.25, 0.3) is 32.8 Å². The molecule has 1 aliphatic rings. The Morgan fingerprint density at radius 3 is 2.41 bits per heavy atom. The molecule has 7 nitrogen and oxygen atoms in total. The van der Waals surface area contributed by atoms with Crippen molar-refractivity contribution in [2.75, 3.05) is 13.1 Å². The summed E-state index contributed by atoms with van der Waals surface area (Å²) in [5.41, 5.74) is 1.88. The number of halogens is 2. The van der Waals surface area contributed by atoms with E-state index in [0.717, 1.165) is 64.4 Å². The molecule has 0 spiro atoms. The van der Waals surface area contributed by atoms with Crippen molar-refractivity contribution < 1.29 is 23.5 Å². The van der Waals surface area contributed by atoms with E-state index in [1.807, 2.05) is 47.4 Å². The number of nitrogens with one attached hydrogen (secondary N) is 1. The van der Waals surface area contributed by atoms with Gasteiger partial charge in [-0.2, -0.15) is 0 Å². The Morgan fingerprint density at radius 2 is 1.68 bits per heavy atom. The van der Waals surface area contributed by atoms with Gasteiger partial charge in [-0.25, -0.2) is 13.6 Å². The van der Waals surface area contributed by atoms with Crippen LogP contribution in [0.3, 0.4) is 0 Å². The highest BCUT2D eigenvalue weighted by Crippen LogP contribution is 2.33. The number of carbonyl (C=O) groups is 2. The number of carboxylic acids is 1. The minimum absolute atomic E-state index is 0.0946. The van der Waals surface area contributed by atoms with Crippen molar-refractivity contribution in [3.05, 3.63) is 108 Å². The number of hydrogen-bond acceptors (Lipinski definition) is 5. The number of nitrogens with zero attached hydrogens (tertiary/aromatic N) is 3. The molecule has 2 N–H and O–H groups in total. The van der Waals surface area contributed by atoms with Crippen LogP contribution in [0.4, 0.5) is 8.78 Å². The summed E-state index contributed by atoms with van der Waals surface area (Å²) in [6.45, 7) is 2.11. The third-order valence-corrected chi connectivity index (χ3v) is 7.55. The maximum absolute atomic E-state index is 14.9. The van der Waals surface area contributed by atoms with Gasteiger partial charge in [0.05, 0.1) is 5.69 Å². The zero-order valence-corrected chi connectivity index (χ0v) is 22.0. The van der Waals surface area contributed by atoms with Gasteiger partial charge >= 0.3 is 5.97 Å². The largest absolute Gasteiger partial charge is 0.480 e. The molecule has 1 amide bonds. The van der Waals surface area contributed by atoms with Gasteiger partial charge in [-0.1, -0.05) is 36.4 Å². The topological polar surface area (TPSA) is 95.4 Å². The first kappa shape index (κ1) is 26.5. The molecule has 1 aliphatic heterocycles. The third-order valence-electron chi connectivity index (χ3n) is 7.55. The number of likely N-dealkylation sites (tertiary alicyclic amines) is 1. The van der Waals surface area contributed by atoms with Gasteiger partial charge in [0.15, 0.2) is 0 Å². The SMILES string of the molecule is O=C(N[C@@H](Cc1cccc2c(-c3nccc4ccncc34)cccc12)C(=O)O)c1c(F)cc(CN2CCC2)cc1F. The van der Waals surface area contributed by atoms with Gasteiger partial charge in [-0.15, -0.1) is 0 Å². The fraction of sp³-hybridized carbons (Fsp3) is 0.188. The lowest BCUT2D eigenvalue weighted by Gasteiger charge is -2.30. The van der Waals surface area contributed by atoms with Crippen LogP contribution in [0.5, 0.6) is 0 Å². The zero-order valence-electron chi connectivity index (χ0n) is 22.0. The first-order valence-corrected chi connectivity index (χ1v) is 13.3. The van der Waals surface area contributed by atoms with E-state index in [0.29, 0.717) is 17.7 Å². The second kappa shape index (κ2) is 11.0. The molecule has 206 valence electrons. The van der Waals surface area contributed by atoms with Crippen LogP contribution >= 0.6 is 0 Å². The van der Waals surface area contributed by atoms with Crippen molar-refractivity contribution in [3.8, 4) is 11.3 Å². The number of amides is 1. The molecule has 3 heterocycles. The Kier molecular flexibility index (Phi) is 7.11. The summed E-state index contributed by atoms with van der Waals surface area (Å²) in [6.07, 6.45) is 6.14. The molecule has 1 saturated heterocycles. The first-order chi connectivity index (χ1) is 19.9. The van der Waals surface area contributed by atoms with E-state index in [2.05, 4.69) is 15.3 Å². The predicted molar refractivity (Wildman–Crippen MR) is 151 cm³/mol. The molecule has 2 aromatic heterocycles. The molecule has 1 fully saturated rings. The van der Waals surface area contributed by atoms with E-state index >= 15 is 0 Å². The Morgan fingerprint density at radius 1 is 0.951 bits per heavy atom. The third kappa shape index (κ3) is 5.24. The summed E-state index contributed by atoms with van der Waals surface area (Å²) in [5.74, 6) is -4.47. The maximum atomic E-state index is 14.9. The van der Waals surface area contributed by atoms with E-state index in [-0.39, 0.29) is 6.42 Å². The van der Waals surface area contributed by atoms with Crippen molar-refractivity contribution in [1.82, 2.24) is 20.2 Å². The van der Waals surface area contributed by atoms with Crippen LogP contribution in [-0.2, 0) is 17.8 Å². The van der Waals surface area contributed by atoms with Crippen LogP contribution in [0, 0.1) is 11.6 Å². The number of hydrogen-bond donors (Lipinski definition) is 2. The van der Waals surface area contributed by atoms with Gasteiger partial charge in [0.1, 0.15) is 23.2 Å². The van der Waals surface area contributed by atoms with Crippen molar-refractivity contribution in [3.63, 3.8) is 0 Å². The Labute approximate surface area is 234 Å². The normalized spacial score (nSPS) is 14.1. The molecule has 0 unspecified atom stereocenters. The van der Waals surface area contributed by atoms with Gasteiger partial charge in [0.2, 0.25) is 0 Å². The highest BCUT2D eigenvalue weighted by atomic mass is 19.1. The van der Waals surface area contributed by atoms with Gasteiger partial charge in [-0.05, 0) is 71.1 Å². The monoisotopic (exact) mass is 552 g/mol. The van der Waals surface area contributed by atoms with Gasteiger partial charge in [0, 0.05) is 42.5 Å². The average Bonchev–Trinajstić information content (AvgIpc) is 2.94. The standard InChI is InChI=1S/C32H26F2N4O3/c33-26-14-19(18-38-12-3-13-38)15-27(34)29(26)31(39)37-28(32(40)41)16-21-4-1-6-23-22(21)5-2-7-24(23)30-25-17-35-10-8-20(25)9-11-36-30/h1-2,4-11,14-15,17,28H,3,12-13,16,18H2,(H,37,39)(H,40,41)/t28-/m0/s1. The first-order valence-electron chi connectivity index (χ1n) is 13.3. The summed E-state index contributed by atoms with van der Waals surface area (Å²) in [7, 11) is 0. The van der Waals surface area contributed by atoms with E-state index in [4.69, 9.17) is 0 Å². The number of aliphatic carboxylic acids is 1. The summed E-state index contributed by atoms with van der Waals surface area (Å²) < 4.78 is 29.7. The quantitative estimate of drug-likeness (QED) is 0.269. The molecule has 0 aliphatic carbocycles. The number of aromatic nitrogens is 2. The van der Waals surface area contributed by atoms with E-state index in [1.165, 1.54) is 0 Å². The predicted octanol–water partition coefficient (Wildman–Crippen LogP) is 5.36. The molecule has 0 radical (unpaired) electrons. The molecule has 1 atom stereocenters. The zero-order chi connectivity index (χ0) is 28.5. The molecule has 9 heteroatoms. The number of carbonyl (C=O) groups excluding carboxylic acids is 1. The number of fused-ring (bicyclic) bond motifs is 2. The van der Waals surface area contributed by atoms with Crippen LogP contribution in [-0.4, -0.2) is 51.0 Å². The van der Waals surface area contributed by atoms with Gasteiger partial charge < -0.3 is 10.4 Å². The van der Waals surface area contributed by atoms with Gasteiger partial charge in [-0.3, -0.25) is 19.7 Å². The smallest absolute Gasteiger partial charge is 0.326 e. The lowest BCUT2D eigenvalue weighted by atomic mass is 9.93. The van der Waals surface area contributed by atoms with Crippen molar-refractivity contribution in [2.24, 2.45) is 0 Å².